The SMILES string of the molecule is CC(NC(=O)c1cc(-c2cccc(Cl)c2)ncn1)c1ccncc1. The molecule has 3 aromatic rings. The molecule has 0 aliphatic heterocycles. The summed E-state index contributed by atoms with van der Waals surface area (Å²) >= 11 is 6.01. The van der Waals surface area contributed by atoms with E-state index < -0.39 is 0 Å². The highest BCUT2D eigenvalue weighted by Crippen LogP contribution is 2.21. The molecule has 5 nitrogen and oxygen atoms in total. The molecule has 0 saturated heterocycles. The molecule has 3 rings (SSSR count). The third-order valence-corrected chi connectivity index (χ3v) is 3.81. The zero-order valence-corrected chi connectivity index (χ0v) is 13.7. The lowest BCUT2D eigenvalue weighted by Gasteiger charge is -2.13. The van der Waals surface area contributed by atoms with Gasteiger partial charge in [0.05, 0.1) is 11.7 Å². The molecule has 1 amide bonds. The number of nitrogens with zero attached hydrogens (tertiary/aromatic N) is 3. The van der Waals surface area contributed by atoms with E-state index in [2.05, 4.69) is 20.3 Å². The van der Waals surface area contributed by atoms with Crippen LogP contribution in [0.2, 0.25) is 5.02 Å². The van der Waals surface area contributed by atoms with Gasteiger partial charge in [-0.1, -0.05) is 23.7 Å². The lowest BCUT2D eigenvalue weighted by molar-refractivity contribution is 0.0934. The van der Waals surface area contributed by atoms with Gasteiger partial charge in [0, 0.05) is 23.0 Å². The summed E-state index contributed by atoms with van der Waals surface area (Å²) < 4.78 is 0. The number of hydrogen-bond donors (Lipinski definition) is 1. The minimum Gasteiger partial charge on any atom is -0.344 e. The molecular weight excluding hydrogens is 324 g/mol. The minimum atomic E-state index is -0.259. The molecule has 1 N–H and O–H groups in total. The van der Waals surface area contributed by atoms with Crippen LogP contribution in [0.3, 0.4) is 0 Å². The van der Waals surface area contributed by atoms with Crippen LogP contribution in [0.15, 0.2) is 61.2 Å². The van der Waals surface area contributed by atoms with E-state index in [0.29, 0.717) is 16.4 Å². The van der Waals surface area contributed by atoms with Crippen molar-refractivity contribution in [1.82, 2.24) is 20.3 Å². The van der Waals surface area contributed by atoms with Crippen molar-refractivity contribution in [2.24, 2.45) is 0 Å². The molecule has 2 heterocycles. The van der Waals surface area contributed by atoms with E-state index in [-0.39, 0.29) is 11.9 Å². The number of halogens is 1. The maximum absolute atomic E-state index is 12.4. The van der Waals surface area contributed by atoms with Gasteiger partial charge < -0.3 is 5.32 Å². The summed E-state index contributed by atoms with van der Waals surface area (Å²) in [5.41, 5.74) is 2.76. The van der Waals surface area contributed by atoms with Crippen molar-refractivity contribution in [3.63, 3.8) is 0 Å². The Morgan fingerprint density at radius 3 is 2.67 bits per heavy atom. The van der Waals surface area contributed by atoms with Crippen molar-refractivity contribution in [1.29, 1.82) is 0 Å². The molecule has 1 atom stereocenters. The predicted molar refractivity (Wildman–Crippen MR) is 92.6 cm³/mol. The highest BCUT2D eigenvalue weighted by molar-refractivity contribution is 6.30. The third-order valence-electron chi connectivity index (χ3n) is 3.57. The first-order valence-corrected chi connectivity index (χ1v) is 7.80. The van der Waals surface area contributed by atoms with E-state index in [1.165, 1.54) is 6.33 Å². The zero-order chi connectivity index (χ0) is 16.9. The van der Waals surface area contributed by atoms with Crippen LogP contribution in [0.25, 0.3) is 11.3 Å². The van der Waals surface area contributed by atoms with Gasteiger partial charge in [0.15, 0.2) is 0 Å². The van der Waals surface area contributed by atoms with Gasteiger partial charge in [-0.3, -0.25) is 9.78 Å². The number of pyridine rings is 1. The fourth-order valence-electron chi connectivity index (χ4n) is 2.29. The Kier molecular flexibility index (Phi) is 4.82. The van der Waals surface area contributed by atoms with Crippen LogP contribution >= 0.6 is 11.6 Å². The molecule has 6 heteroatoms. The largest absolute Gasteiger partial charge is 0.344 e. The Bertz CT molecular complexity index is 854. The van der Waals surface area contributed by atoms with Crippen LogP contribution in [0.4, 0.5) is 0 Å². The van der Waals surface area contributed by atoms with Crippen LogP contribution in [0, 0.1) is 0 Å². The van der Waals surface area contributed by atoms with Crippen LogP contribution in [-0.2, 0) is 0 Å². The molecule has 0 aliphatic rings. The Morgan fingerprint density at radius 1 is 1.12 bits per heavy atom. The molecule has 0 saturated carbocycles. The quantitative estimate of drug-likeness (QED) is 0.788. The van der Waals surface area contributed by atoms with E-state index in [1.54, 1.807) is 30.6 Å². The monoisotopic (exact) mass is 338 g/mol. The Labute approximate surface area is 144 Å². The first-order chi connectivity index (χ1) is 11.6. The lowest BCUT2D eigenvalue weighted by atomic mass is 10.1. The molecule has 24 heavy (non-hydrogen) atoms. The van der Waals surface area contributed by atoms with Gasteiger partial charge in [0.25, 0.3) is 5.91 Å². The molecular formula is C18H15ClN4O. The number of aromatic nitrogens is 3. The molecule has 1 aromatic carbocycles. The molecule has 0 bridgehead atoms. The van der Waals surface area contributed by atoms with Crippen LogP contribution < -0.4 is 5.32 Å². The van der Waals surface area contributed by atoms with Gasteiger partial charge in [-0.05, 0) is 42.8 Å². The average Bonchev–Trinajstić information content (AvgIpc) is 2.62. The number of carbonyl (C=O) groups is 1. The summed E-state index contributed by atoms with van der Waals surface area (Å²) in [6, 6.07) is 12.5. The van der Waals surface area contributed by atoms with Crippen molar-refractivity contribution in [2.45, 2.75) is 13.0 Å². The maximum atomic E-state index is 12.4. The second-order valence-electron chi connectivity index (χ2n) is 5.27. The standard InChI is InChI=1S/C18H15ClN4O/c1-12(13-5-7-20-8-6-13)23-18(24)17-10-16(21-11-22-17)14-3-2-4-15(19)9-14/h2-12H,1H3,(H,23,24). The number of carbonyl (C=O) groups excluding carboxylic acids is 1. The van der Waals surface area contributed by atoms with Gasteiger partial charge >= 0.3 is 0 Å². The fourth-order valence-corrected chi connectivity index (χ4v) is 2.48. The topological polar surface area (TPSA) is 67.8 Å². The van der Waals surface area contributed by atoms with Crippen LogP contribution in [-0.4, -0.2) is 20.9 Å². The summed E-state index contributed by atoms with van der Waals surface area (Å²) in [4.78, 5) is 24.7. The van der Waals surface area contributed by atoms with Crippen molar-refractivity contribution < 1.29 is 4.79 Å². The van der Waals surface area contributed by atoms with E-state index in [4.69, 9.17) is 11.6 Å². The van der Waals surface area contributed by atoms with E-state index in [1.807, 2.05) is 31.2 Å². The maximum Gasteiger partial charge on any atom is 0.270 e. The number of benzene rings is 1. The van der Waals surface area contributed by atoms with Crippen molar-refractivity contribution in [3.05, 3.63) is 77.5 Å². The first-order valence-electron chi connectivity index (χ1n) is 7.42. The number of rotatable bonds is 4. The second kappa shape index (κ2) is 7.19. The number of amides is 1. The van der Waals surface area contributed by atoms with Crippen molar-refractivity contribution in [2.75, 3.05) is 0 Å². The fraction of sp³-hybridized carbons (Fsp3) is 0.111. The smallest absolute Gasteiger partial charge is 0.270 e. The highest BCUT2D eigenvalue weighted by Gasteiger charge is 2.14. The normalized spacial score (nSPS) is 11.8. The van der Waals surface area contributed by atoms with E-state index in [0.717, 1.165) is 11.1 Å². The molecule has 0 fully saturated rings. The van der Waals surface area contributed by atoms with Crippen molar-refractivity contribution in [3.8, 4) is 11.3 Å². The van der Waals surface area contributed by atoms with Crippen molar-refractivity contribution >= 4 is 17.5 Å². The zero-order valence-electron chi connectivity index (χ0n) is 13.0. The van der Waals surface area contributed by atoms with E-state index in [9.17, 15) is 4.79 Å². The second-order valence-corrected chi connectivity index (χ2v) is 5.71. The highest BCUT2D eigenvalue weighted by atomic mass is 35.5. The van der Waals surface area contributed by atoms with Gasteiger partial charge in [-0.15, -0.1) is 0 Å². The lowest BCUT2D eigenvalue weighted by Crippen LogP contribution is -2.27. The predicted octanol–water partition coefficient (Wildman–Crippen LogP) is 3.68. The summed E-state index contributed by atoms with van der Waals surface area (Å²) in [5.74, 6) is -0.259. The molecule has 1 unspecified atom stereocenters. The van der Waals surface area contributed by atoms with Crippen LogP contribution in [0.1, 0.15) is 29.0 Å². The first kappa shape index (κ1) is 16.1. The molecule has 0 spiro atoms. The van der Waals surface area contributed by atoms with Gasteiger partial charge in [0.2, 0.25) is 0 Å². The summed E-state index contributed by atoms with van der Waals surface area (Å²) in [6.07, 6.45) is 4.77. The van der Waals surface area contributed by atoms with Gasteiger partial charge in [0.1, 0.15) is 12.0 Å². The molecule has 120 valence electrons. The molecule has 0 radical (unpaired) electrons. The number of hydrogen-bond acceptors (Lipinski definition) is 4. The Balaban J connectivity index is 1.80. The average molecular weight is 339 g/mol. The third kappa shape index (κ3) is 3.75. The van der Waals surface area contributed by atoms with Crippen LogP contribution in [0.5, 0.6) is 0 Å². The van der Waals surface area contributed by atoms with Gasteiger partial charge in [-0.2, -0.15) is 0 Å². The Hall–Kier alpha value is -2.79. The summed E-state index contributed by atoms with van der Waals surface area (Å²) in [5, 5.41) is 3.53. The summed E-state index contributed by atoms with van der Waals surface area (Å²) in [6.45, 7) is 1.91. The molecule has 2 aromatic heterocycles. The Morgan fingerprint density at radius 2 is 1.92 bits per heavy atom. The van der Waals surface area contributed by atoms with E-state index >= 15 is 0 Å². The minimum absolute atomic E-state index is 0.148. The van der Waals surface area contributed by atoms with Gasteiger partial charge in [-0.25, -0.2) is 9.97 Å². The summed E-state index contributed by atoms with van der Waals surface area (Å²) in [7, 11) is 0. The molecule has 0 aliphatic carbocycles. The number of nitrogens with one attached hydrogen (secondary N) is 1.